The van der Waals surface area contributed by atoms with Crippen LogP contribution in [0.15, 0.2) is 101 Å². The quantitative estimate of drug-likeness (QED) is 0.170. The van der Waals surface area contributed by atoms with Crippen LogP contribution in [0.1, 0.15) is 81.0 Å². The number of hydrogen-bond acceptors (Lipinski definition) is 5. The number of amides is 1. The third-order valence-corrected chi connectivity index (χ3v) is 9.88. The lowest BCUT2D eigenvalue weighted by atomic mass is 9.68. The lowest BCUT2D eigenvalue weighted by molar-refractivity contribution is -0.143. The van der Waals surface area contributed by atoms with Crippen LogP contribution in [0.4, 0.5) is 0 Å². The first kappa shape index (κ1) is 32.4. The van der Waals surface area contributed by atoms with E-state index in [-0.39, 0.29) is 17.3 Å². The Balaban J connectivity index is 1.32. The van der Waals surface area contributed by atoms with Crippen LogP contribution in [0.2, 0.25) is 0 Å². The number of methoxy groups -OCH3 is 1. The molecule has 2 atom stereocenters. The average molecular weight is 606 g/mol. The second kappa shape index (κ2) is 14.4. The summed E-state index contributed by atoms with van der Waals surface area (Å²) in [5, 5.41) is 0. The smallest absolute Gasteiger partial charge is 0.315 e. The highest BCUT2D eigenvalue weighted by Crippen LogP contribution is 2.43. The van der Waals surface area contributed by atoms with Gasteiger partial charge < -0.3 is 14.5 Å². The Bertz CT molecular complexity index is 1460. The highest BCUT2D eigenvalue weighted by atomic mass is 16.5. The van der Waals surface area contributed by atoms with Gasteiger partial charge in [0, 0.05) is 23.6 Å². The van der Waals surface area contributed by atoms with Crippen molar-refractivity contribution in [3.63, 3.8) is 0 Å². The number of hydrogen-bond donors (Lipinski definition) is 0. The largest absolute Gasteiger partial charge is 0.468 e. The highest BCUT2D eigenvalue weighted by Gasteiger charge is 2.41. The van der Waals surface area contributed by atoms with Crippen LogP contribution in [-0.4, -0.2) is 61.2 Å². The molecule has 0 aromatic heterocycles. The van der Waals surface area contributed by atoms with Gasteiger partial charge in [0.1, 0.15) is 5.92 Å². The fourth-order valence-corrected chi connectivity index (χ4v) is 7.39. The number of esters is 1. The van der Waals surface area contributed by atoms with E-state index in [1.165, 1.54) is 23.8 Å². The molecule has 0 saturated carbocycles. The number of nitrogens with zero attached hydrogens (tertiary/aromatic N) is 3. The van der Waals surface area contributed by atoms with Crippen LogP contribution in [0.25, 0.3) is 0 Å². The van der Waals surface area contributed by atoms with Gasteiger partial charge in [0.15, 0.2) is 0 Å². The normalized spacial score (nSPS) is 20.1. The molecule has 2 aliphatic heterocycles. The fourth-order valence-electron chi connectivity index (χ4n) is 7.39. The second-order valence-electron chi connectivity index (χ2n) is 12.8. The molecular formula is C39H47N3O3. The molecule has 2 unspecified atom stereocenters. The van der Waals surface area contributed by atoms with E-state index >= 15 is 0 Å². The first-order chi connectivity index (χ1) is 21.8. The van der Waals surface area contributed by atoms with Gasteiger partial charge in [-0.2, -0.15) is 0 Å². The van der Waals surface area contributed by atoms with Gasteiger partial charge in [-0.15, -0.1) is 0 Å². The number of benzene rings is 3. The van der Waals surface area contributed by atoms with E-state index in [0.717, 1.165) is 62.3 Å². The van der Waals surface area contributed by atoms with Gasteiger partial charge in [-0.1, -0.05) is 98.8 Å². The Hall–Kier alpha value is -4.03. The topological polar surface area (TPSA) is 62.2 Å². The zero-order valence-corrected chi connectivity index (χ0v) is 27.4. The number of piperidine rings is 1. The molecule has 1 amide bonds. The molecule has 1 saturated heterocycles. The number of carbonyl (C=O) groups is 2. The molecule has 0 aliphatic carbocycles. The van der Waals surface area contributed by atoms with E-state index in [4.69, 9.17) is 9.73 Å². The fraction of sp³-hybridized carbons (Fsp3) is 0.410. The van der Waals surface area contributed by atoms with Gasteiger partial charge in [-0.25, -0.2) is 0 Å². The maximum Gasteiger partial charge on any atom is 0.315 e. The van der Waals surface area contributed by atoms with Gasteiger partial charge >= 0.3 is 5.97 Å². The lowest BCUT2D eigenvalue weighted by Crippen LogP contribution is -2.44. The molecule has 0 spiro atoms. The van der Waals surface area contributed by atoms with E-state index in [1.807, 2.05) is 13.8 Å². The van der Waals surface area contributed by atoms with E-state index < -0.39 is 5.92 Å². The van der Waals surface area contributed by atoms with Crippen LogP contribution in [-0.2, 0) is 19.7 Å². The van der Waals surface area contributed by atoms with Gasteiger partial charge in [0.2, 0.25) is 6.41 Å². The van der Waals surface area contributed by atoms with Gasteiger partial charge in [-0.05, 0) is 80.9 Å². The minimum Gasteiger partial charge on any atom is -0.468 e. The van der Waals surface area contributed by atoms with E-state index in [0.29, 0.717) is 18.2 Å². The van der Waals surface area contributed by atoms with Crippen molar-refractivity contribution in [2.45, 2.75) is 64.2 Å². The van der Waals surface area contributed by atoms with Crippen molar-refractivity contribution in [1.29, 1.82) is 0 Å². The van der Waals surface area contributed by atoms with Crippen molar-refractivity contribution in [3.8, 4) is 0 Å². The molecule has 3 aromatic carbocycles. The molecule has 3 aromatic rings. The summed E-state index contributed by atoms with van der Waals surface area (Å²) in [6, 6.07) is 30.2. The molecule has 0 radical (unpaired) electrons. The summed E-state index contributed by atoms with van der Waals surface area (Å²) < 4.78 is 5.26. The second-order valence-corrected chi connectivity index (χ2v) is 12.8. The molecule has 45 heavy (non-hydrogen) atoms. The summed E-state index contributed by atoms with van der Waals surface area (Å²) >= 11 is 0. The average Bonchev–Trinajstić information content (AvgIpc) is 3.07. The number of likely N-dealkylation sites (tertiary alicyclic amines) is 1. The first-order valence-electron chi connectivity index (χ1n) is 16.3. The number of ether oxygens (including phenoxy) is 1. The SMILES string of the molecule is COC(=O)C1C(C)=NC(C)=C(N(C=O)CCCN2CCC(c3ccccc3)(c3ccccc3)CC2)C1c1ccc(C(C)C)cc1. The maximum absolute atomic E-state index is 13.1. The van der Waals surface area contributed by atoms with Crippen LogP contribution < -0.4 is 0 Å². The Kier molecular flexibility index (Phi) is 10.3. The van der Waals surface area contributed by atoms with E-state index in [9.17, 15) is 9.59 Å². The predicted molar refractivity (Wildman–Crippen MR) is 181 cm³/mol. The standard InChI is InChI=1S/C39H47N3O3/c1-28(2)31-17-19-32(20-18-31)36-35(38(44)45-5)29(3)40-30(4)37(36)42(27-43)24-12-23-41-25-21-39(22-26-41,33-13-8-6-9-14-33)34-15-10-7-11-16-34/h6-11,13-20,27-28,35-36H,12,21-26H2,1-5H3. The molecule has 236 valence electrons. The molecule has 0 bridgehead atoms. The number of aliphatic imine (C=N–C) groups is 1. The van der Waals surface area contributed by atoms with Crippen LogP contribution in [0.3, 0.4) is 0 Å². The van der Waals surface area contributed by atoms with Crippen molar-refractivity contribution in [3.05, 3.63) is 119 Å². The van der Waals surface area contributed by atoms with E-state index in [1.54, 1.807) is 4.90 Å². The van der Waals surface area contributed by atoms with E-state index in [2.05, 4.69) is 104 Å². The van der Waals surface area contributed by atoms with Crippen molar-refractivity contribution in [1.82, 2.24) is 9.80 Å². The summed E-state index contributed by atoms with van der Waals surface area (Å²) in [5.74, 6) is -0.881. The third kappa shape index (κ3) is 6.81. The number of rotatable bonds is 11. The van der Waals surface area contributed by atoms with Gasteiger partial charge in [0.25, 0.3) is 0 Å². The molecule has 5 rings (SSSR count). The lowest BCUT2D eigenvalue weighted by Gasteiger charge is -2.43. The highest BCUT2D eigenvalue weighted by molar-refractivity contribution is 6.03. The summed E-state index contributed by atoms with van der Waals surface area (Å²) in [4.78, 5) is 34.9. The molecular weight excluding hydrogens is 558 g/mol. The number of carbonyl (C=O) groups excluding carboxylic acids is 2. The summed E-state index contributed by atoms with van der Waals surface area (Å²) in [5.41, 5.74) is 7.25. The van der Waals surface area contributed by atoms with Crippen LogP contribution in [0.5, 0.6) is 0 Å². The Morgan fingerprint density at radius 3 is 2.04 bits per heavy atom. The Morgan fingerprint density at radius 1 is 0.956 bits per heavy atom. The summed E-state index contributed by atoms with van der Waals surface area (Å²) in [7, 11) is 1.42. The predicted octanol–water partition coefficient (Wildman–Crippen LogP) is 7.32. The molecule has 6 heteroatoms. The third-order valence-electron chi connectivity index (χ3n) is 9.88. The molecule has 1 fully saturated rings. The summed E-state index contributed by atoms with van der Waals surface area (Å²) in [6.07, 6.45) is 3.83. The Labute approximate surface area is 268 Å². The monoisotopic (exact) mass is 605 g/mol. The van der Waals surface area contributed by atoms with Crippen molar-refractivity contribution in [2.24, 2.45) is 10.9 Å². The minimum atomic E-state index is -0.591. The number of allylic oxidation sites excluding steroid dienone is 2. The van der Waals surface area contributed by atoms with Crippen molar-refractivity contribution >= 4 is 18.1 Å². The summed E-state index contributed by atoms with van der Waals surface area (Å²) in [6.45, 7) is 11.6. The molecule has 0 N–H and O–H groups in total. The van der Waals surface area contributed by atoms with Gasteiger partial charge in [-0.3, -0.25) is 14.6 Å². The Morgan fingerprint density at radius 2 is 1.53 bits per heavy atom. The van der Waals surface area contributed by atoms with Crippen molar-refractivity contribution in [2.75, 3.05) is 33.3 Å². The molecule has 2 heterocycles. The zero-order chi connectivity index (χ0) is 32.0. The zero-order valence-electron chi connectivity index (χ0n) is 27.4. The van der Waals surface area contributed by atoms with Crippen molar-refractivity contribution < 1.29 is 14.3 Å². The maximum atomic E-state index is 13.1. The first-order valence-corrected chi connectivity index (χ1v) is 16.3. The van der Waals surface area contributed by atoms with Crippen LogP contribution >= 0.6 is 0 Å². The molecule has 2 aliphatic rings. The molecule has 6 nitrogen and oxygen atoms in total. The minimum absolute atomic E-state index is 0.00890. The van der Waals surface area contributed by atoms with Crippen LogP contribution in [0, 0.1) is 5.92 Å². The van der Waals surface area contributed by atoms with Gasteiger partial charge in [0.05, 0.1) is 18.5 Å².